The van der Waals surface area contributed by atoms with Crippen molar-refractivity contribution in [2.75, 3.05) is 47.0 Å². The summed E-state index contributed by atoms with van der Waals surface area (Å²) in [6, 6.07) is 11.7. The van der Waals surface area contributed by atoms with E-state index in [-0.39, 0.29) is 11.3 Å². The molecule has 1 fully saturated rings. The lowest BCUT2D eigenvalue weighted by Gasteiger charge is -2.27. The number of ketones is 1. The van der Waals surface area contributed by atoms with E-state index in [2.05, 4.69) is 6.92 Å². The molecule has 2 aliphatic rings. The van der Waals surface area contributed by atoms with Crippen LogP contribution in [0.3, 0.4) is 0 Å². The van der Waals surface area contributed by atoms with Gasteiger partial charge in [-0.3, -0.25) is 9.59 Å². The van der Waals surface area contributed by atoms with E-state index in [1.165, 1.54) is 4.90 Å². The van der Waals surface area contributed by atoms with Crippen molar-refractivity contribution in [3.8, 4) is 17.2 Å². The minimum absolute atomic E-state index is 0.0621. The molecular weight excluding hydrogens is 460 g/mol. The zero-order valence-electron chi connectivity index (χ0n) is 21.2. The van der Waals surface area contributed by atoms with Crippen LogP contribution in [-0.2, 0) is 9.59 Å². The van der Waals surface area contributed by atoms with Crippen molar-refractivity contribution in [3.63, 3.8) is 0 Å². The Morgan fingerprint density at radius 3 is 2.47 bits per heavy atom. The lowest BCUT2D eigenvalue weighted by molar-refractivity contribution is -0.140. The van der Waals surface area contributed by atoms with Gasteiger partial charge in [0.1, 0.15) is 24.7 Å². The number of benzene rings is 2. The van der Waals surface area contributed by atoms with E-state index in [0.29, 0.717) is 50.0 Å². The fraction of sp³-hybridized carbons (Fsp3) is 0.429. The number of hydrogen-bond donors (Lipinski definition) is 1. The fourth-order valence-electron chi connectivity index (χ4n) is 4.40. The summed E-state index contributed by atoms with van der Waals surface area (Å²) < 4.78 is 17.0. The zero-order valence-corrected chi connectivity index (χ0v) is 21.2. The van der Waals surface area contributed by atoms with Gasteiger partial charge in [0.15, 0.2) is 11.5 Å². The van der Waals surface area contributed by atoms with E-state index in [4.69, 9.17) is 14.2 Å². The second-order valence-electron chi connectivity index (χ2n) is 9.28. The number of Topliss-reactive ketones (excluding diaryl/α,β-unsaturated/α-hetero) is 1. The molecule has 1 saturated heterocycles. The molecule has 8 nitrogen and oxygen atoms in total. The number of rotatable bonds is 10. The highest BCUT2D eigenvalue weighted by Gasteiger charge is 2.46. The molecule has 36 heavy (non-hydrogen) atoms. The molecule has 4 rings (SSSR count). The summed E-state index contributed by atoms with van der Waals surface area (Å²) in [6.45, 7) is 4.55. The Balaban J connectivity index is 1.70. The first-order chi connectivity index (χ1) is 17.4. The lowest BCUT2D eigenvalue weighted by Crippen LogP contribution is -2.35. The summed E-state index contributed by atoms with van der Waals surface area (Å²) in [5.74, 6) is 0.241. The monoisotopic (exact) mass is 494 g/mol. The third kappa shape index (κ3) is 5.49. The van der Waals surface area contributed by atoms with Gasteiger partial charge in [0, 0.05) is 18.7 Å². The van der Waals surface area contributed by atoms with Crippen molar-refractivity contribution < 1.29 is 28.9 Å². The first-order valence-corrected chi connectivity index (χ1v) is 12.5. The Morgan fingerprint density at radius 2 is 1.78 bits per heavy atom. The molecule has 1 N–H and O–H groups in total. The Hall–Kier alpha value is -3.52. The number of aliphatic hydroxyl groups excluding tert-OH is 1. The van der Waals surface area contributed by atoms with Gasteiger partial charge in [-0.05, 0) is 56.4 Å². The van der Waals surface area contributed by atoms with Crippen molar-refractivity contribution in [1.82, 2.24) is 9.80 Å². The van der Waals surface area contributed by atoms with Gasteiger partial charge in [-0.1, -0.05) is 31.9 Å². The van der Waals surface area contributed by atoms with Crippen LogP contribution < -0.4 is 14.2 Å². The van der Waals surface area contributed by atoms with E-state index in [1.54, 1.807) is 18.2 Å². The van der Waals surface area contributed by atoms with Gasteiger partial charge in [-0.25, -0.2) is 0 Å². The van der Waals surface area contributed by atoms with Gasteiger partial charge < -0.3 is 29.1 Å². The van der Waals surface area contributed by atoms with Gasteiger partial charge in [-0.2, -0.15) is 0 Å². The van der Waals surface area contributed by atoms with Crippen molar-refractivity contribution >= 4 is 17.4 Å². The van der Waals surface area contributed by atoms with Crippen LogP contribution in [0, 0.1) is 0 Å². The van der Waals surface area contributed by atoms with Crippen molar-refractivity contribution in [1.29, 1.82) is 0 Å². The SMILES string of the molecule is CCCCCOc1ccc(C2C(=C(O)c3ccc4c(c3)OCCO4)C(=O)C(=O)N2CCN(C)C)cc1. The summed E-state index contributed by atoms with van der Waals surface area (Å²) in [7, 11) is 3.82. The smallest absolute Gasteiger partial charge is 0.295 e. The Kier molecular flexibility index (Phi) is 8.15. The molecule has 0 spiro atoms. The number of ether oxygens (including phenoxy) is 3. The number of fused-ring (bicyclic) bond motifs is 1. The van der Waals surface area contributed by atoms with Crippen LogP contribution in [0.25, 0.3) is 5.76 Å². The summed E-state index contributed by atoms with van der Waals surface area (Å²) >= 11 is 0. The van der Waals surface area contributed by atoms with Crippen LogP contribution in [0.4, 0.5) is 0 Å². The minimum atomic E-state index is -0.715. The van der Waals surface area contributed by atoms with Gasteiger partial charge in [0.05, 0.1) is 18.2 Å². The molecule has 0 radical (unpaired) electrons. The van der Waals surface area contributed by atoms with Crippen LogP contribution in [0.1, 0.15) is 43.4 Å². The molecule has 0 saturated carbocycles. The molecule has 8 heteroatoms. The molecule has 2 aromatic rings. The number of hydrogen-bond acceptors (Lipinski definition) is 7. The van der Waals surface area contributed by atoms with Crippen LogP contribution >= 0.6 is 0 Å². The van der Waals surface area contributed by atoms with E-state index in [1.807, 2.05) is 43.3 Å². The topological polar surface area (TPSA) is 88.5 Å². The molecule has 1 unspecified atom stereocenters. The summed E-state index contributed by atoms with van der Waals surface area (Å²) in [5.41, 5.74) is 1.19. The number of likely N-dealkylation sites (tertiary alicyclic amines) is 1. The summed E-state index contributed by atoms with van der Waals surface area (Å²) in [6.07, 6.45) is 3.22. The average Bonchev–Trinajstić information content (AvgIpc) is 3.14. The number of nitrogens with zero attached hydrogens (tertiary/aromatic N) is 2. The highest BCUT2D eigenvalue weighted by Crippen LogP contribution is 2.41. The predicted molar refractivity (Wildman–Crippen MR) is 136 cm³/mol. The Morgan fingerprint density at radius 1 is 1.06 bits per heavy atom. The first kappa shape index (κ1) is 25.6. The molecule has 192 valence electrons. The highest BCUT2D eigenvalue weighted by atomic mass is 16.6. The molecule has 0 bridgehead atoms. The van der Waals surface area contributed by atoms with E-state index >= 15 is 0 Å². The second kappa shape index (κ2) is 11.5. The van der Waals surface area contributed by atoms with Gasteiger partial charge in [-0.15, -0.1) is 0 Å². The van der Waals surface area contributed by atoms with Crippen LogP contribution in [-0.4, -0.2) is 73.6 Å². The van der Waals surface area contributed by atoms with Gasteiger partial charge in [0.25, 0.3) is 11.7 Å². The number of carbonyl (C=O) groups excluding carboxylic acids is 2. The van der Waals surface area contributed by atoms with Crippen LogP contribution in [0.2, 0.25) is 0 Å². The summed E-state index contributed by atoms with van der Waals surface area (Å²) in [4.78, 5) is 29.8. The number of aliphatic hydroxyl groups is 1. The molecule has 1 amide bonds. The minimum Gasteiger partial charge on any atom is -0.507 e. The highest BCUT2D eigenvalue weighted by molar-refractivity contribution is 6.46. The molecule has 2 aliphatic heterocycles. The van der Waals surface area contributed by atoms with Crippen LogP contribution in [0.15, 0.2) is 48.0 Å². The molecule has 0 aromatic heterocycles. The molecule has 0 aliphatic carbocycles. The maximum Gasteiger partial charge on any atom is 0.295 e. The molecular formula is C28H34N2O6. The normalized spacial score (nSPS) is 18.7. The number of amides is 1. The Labute approximate surface area is 212 Å². The lowest BCUT2D eigenvalue weighted by atomic mass is 9.95. The molecule has 1 atom stereocenters. The number of unbranched alkanes of at least 4 members (excludes halogenated alkanes) is 2. The Bertz CT molecular complexity index is 1130. The third-order valence-electron chi connectivity index (χ3n) is 6.36. The van der Waals surface area contributed by atoms with Crippen molar-refractivity contribution in [2.24, 2.45) is 0 Å². The quantitative estimate of drug-likeness (QED) is 0.231. The second-order valence-corrected chi connectivity index (χ2v) is 9.28. The van der Waals surface area contributed by atoms with Crippen molar-refractivity contribution in [3.05, 3.63) is 59.2 Å². The molecule has 2 aromatic carbocycles. The summed E-state index contributed by atoms with van der Waals surface area (Å²) in [5, 5.41) is 11.3. The first-order valence-electron chi connectivity index (χ1n) is 12.5. The van der Waals surface area contributed by atoms with E-state index in [9.17, 15) is 14.7 Å². The maximum absolute atomic E-state index is 13.2. The van der Waals surface area contributed by atoms with Crippen LogP contribution in [0.5, 0.6) is 17.2 Å². The van der Waals surface area contributed by atoms with Gasteiger partial charge in [0.2, 0.25) is 0 Å². The number of likely N-dealkylation sites (N-methyl/N-ethyl adjacent to an activating group) is 1. The predicted octanol–water partition coefficient (Wildman–Crippen LogP) is 4.01. The van der Waals surface area contributed by atoms with Crippen molar-refractivity contribution in [2.45, 2.75) is 32.2 Å². The average molecular weight is 495 g/mol. The standard InChI is InChI=1S/C28H34N2O6/c1-4-5-6-15-34-21-10-7-19(8-11-21)25-24(27(32)28(33)30(25)14-13-29(2)3)26(31)20-9-12-22-23(18-20)36-17-16-35-22/h7-12,18,25,31H,4-6,13-17H2,1-3H3. The number of carbonyl (C=O) groups is 2. The fourth-order valence-corrected chi connectivity index (χ4v) is 4.40. The maximum atomic E-state index is 13.2. The molecule has 2 heterocycles. The zero-order chi connectivity index (χ0) is 25.7. The van der Waals surface area contributed by atoms with E-state index in [0.717, 1.165) is 30.6 Å². The largest absolute Gasteiger partial charge is 0.507 e. The van der Waals surface area contributed by atoms with Gasteiger partial charge >= 0.3 is 0 Å². The third-order valence-corrected chi connectivity index (χ3v) is 6.36. The van der Waals surface area contributed by atoms with E-state index < -0.39 is 17.7 Å².